The van der Waals surface area contributed by atoms with Crippen LogP contribution in [-0.2, 0) is 0 Å². The highest BCUT2D eigenvalue weighted by Gasteiger charge is 2.21. The Morgan fingerprint density at radius 2 is 0.754 bits per heavy atom. The van der Waals surface area contributed by atoms with Gasteiger partial charge in [0.1, 0.15) is 11.2 Å². The second kappa shape index (κ2) is 15.7. The summed E-state index contributed by atoms with van der Waals surface area (Å²) in [5.41, 5.74) is 20.6. The van der Waals surface area contributed by atoms with Crippen LogP contribution in [0.15, 0.2) is 259 Å². The third-order valence-electron chi connectivity index (χ3n) is 14.1. The molecule has 3 heteroatoms. The van der Waals surface area contributed by atoms with Crippen LogP contribution in [0.4, 0.5) is 0 Å². The van der Waals surface area contributed by atoms with Crippen molar-refractivity contribution < 1.29 is 4.42 Å². The summed E-state index contributed by atoms with van der Waals surface area (Å²) in [7, 11) is 0. The van der Waals surface area contributed by atoms with Crippen molar-refractivity contribution in [2.45, 2.75) is 0 Å². The van der Waals surface area contributed by atoms with Gasteiger partial charge in [0.05, 0.1) is 27.8 Å². The SMILES string of the molecule is c1ccc(-c2ccc(-n3c4ccccc4c4cc(-c5ccc6c(c5)c5c(-c7ccccc7)cccc5n6-c5cccc(-c6ccc7oc8ccccc8c7c6)c5)ccc43)c(-c3ccccc3)c2)cc1. The molecule has 322 valence electrons. The van der Waals surface area contributed by atoms with E-state index in [0.29, 0.717) is 0 Å². The summed E-state index contributed by atoms with van der Waals surface area (Å²) in [6.07, 6.45) is 0. The fourth-order valence-electron chi connectivity index (χ4n) is 10.9. The first kappa shape index (κ1) is 39.0. The van der Waals surface area contributed by atoms with Crippen LogP contribution in [0.3, 0.4) is 0 Å². The number of benzene rings is 11. The summed E-state index contributed by atoms with van der Waals surface area (Å²) in [4.78, 5) is 0. The molecule has 0 spiro atoms. The van der Waals surface area contributed by atoms with Gasteiger partial charge < -0.3 is 13.6 Å². The molecule has 69 heavy (non-hydrogen) atoms. The predicted molar refractivity (Wildman–Crippen MR) is 290 cm³/mol. The minimum absolute atomic E-state index is 0.902. The molecule has 0 atom stereocenters. The van der Waals surface area contributed by atoms with Gasteiger partial charge >= 0.3 is 0 Å². The van der Waals surface area contributed by atoms with Crippen molar-refractivity contribution in [3.8, 4) is 67.0 Å². The van der Waals surface area contributed by atoms with Crippen molar-refractivity contribution >= 4 is 65.6 Å². The molecule has 14 aromatic rings. The van der Waals surface area contributed by atoms with Crippen molar-refractivity contribution in [2.75, 3.05) is 0 Å². The van der Waals surface area contributed by atoms with Crippen LogP contribution < -0.4 is 0 Å². The normalized spacial score (nSPS) is 11.8. The Morgan fingerprint density at radius 3 is 1.52 bits per heavy atom. The monoisotopic (exact) mass is 878 g/mol. The number of rotatable bonds is 7. The summed E-state index contributed by atoms with van der Waals surface area (Å²) < 4.78 is 11.1. The second-order valence-corrected chi connectivity index (χ2v) is 18.0. The fourth-order valence-corrected chi connectivity index (χ4v) is 10.9. The Morgan fingerprint density at radius 1 is 0.246 bits per heavy atom. The third-order valence-corrected chi connectivity index (χ3v) is 14.1. The minimum atomic E-state index is 0.902. The van der Waals surface area contributed by atoms with Crippen LogP contribution in [0.25, 0.3) is 133 Å². The lowest BCUT2D eigenvalue weighted by atomic mass is 9.96. The maximum atomic E-state index is 6.20. The predicted octanol–water partition coefficient (Wildman–Crippen LogP) is 18.1. The van der Waals surface area contributed by atoms with Gasteiger partial charge in [0, 0.05) is 43.6 Å². The molecule has 0 saturated carbocycles. The summed E-state index contributed by atoms with van der Waals surface area (Å²) >= 11 is 0. The van der Waals surface area contributed by atoms with Crippen molar-refractivity contribution in [3.63, 3.8) is 0 Å². The first-order valence-electron chi connectivity index (χ1n) is 23.7. The van der Waals surface area contributed by atoms with E-state index in [1.54, 1.807) is 0 Å². The lowest BCUT2D eigenvalue weighted by Gasteiger charge is -2.16. The van der Waals surface area contributed by atoms with Crippen molar-refractivity contribution in [3.05, 3.63) is 255 Å². The molecule has 0 bridgehead atoms. The maximum Gasteiger partial charge on any atom is 0.135 e. The highest BCUT2D eigenvalue weighted by atomic mass is 16.3. The average Bonchev–Trinajstić information content (AvgIpc) is 4.08. The summed E-state index contributed by atoms with van der Waals surface area (Å²) in [6, 6.07) is 92.6. The van der Waals surface area contributed by atoms with Gasteiger partial charge in [-0.15, -0.1) is 0 Å². The molecule has 11 aromatic carbocycles. The van der Waals surface area contributed by atoms with Gasteiger partial charge in [-0.3, -0.25) is 0 Å². The van der Waals surface area contributed by atoms with Gasteiger partial charge in [0.25, 0.3) is 0 Å². The molecule has 0 aliphatic rings. The molecule has 0 N–H and O–H groups in total. The number of hydrogen-bond donors (Lipinski definition) is 0. The Balaban J connectivity index is 0.943. The van der Waals surface area contributed by atoms with E-state index in [9.17, 15) is 0 Å². The first-order valence-corrected chi connectivity index (χ1v) is 23.7. The highest BCUT2D eigenvalue weighted by Crippen LogP contribution is 2.43. The van der Waals surface area contributed by atoms with Gasteiger partial charge in [-0.05, 0) is 129 Å². The van der Waals surface area contributed by atoms with Crippen molar-refractivity contribution in [2.24, 2.45) is 0 Å². The largest absolute Gasteiger partial charge is 0.456 e. The zero-order valence-corrected chi connectivity index (χ0v) is 37.6. The molecule has 0 amide bonds. The number of para-hydroxylation sites is 2. The van der Waals surface area contributed by atoms with E-state index < -0.39 is 0 Å². The molecule has 3 aromatic heterocycles. The Bertz CT molecular complexity index is 4290. The van der Waals surface area contributed by atoms with Gasteiger partial charge in [-0.2, -0.15) is 0 Å². The van der Waals surface area contributed by atoms with Crippen LogP contribution in [0.1, 0.15) is 0 Å². The fraction of sp³-hybridized carbons (Fsp3) is 0. The molecule has 3 heterocycles. The number of nitrogens with zero attached hydrogens (tertiary/aromatic N) is 2. The van der Waals surface area contributed by atoms with E-state index in [-0.39, 0.29) is 0 Å². The molecule has 3 nitrogen and oxygen atoms in total. The highest BCUT2D eigenvalue weighted by molar-refractivity contribution is 6.17. The Hall–Kier alpha value is -9.18. The molecule has 14 rings (SSSR count). The van der Waals surface area contributed by atoms with Gasteiger partial charge in [-0.1, -0.05) is 176 Å². The van der Waals surface area contributed by atoms with E-state index in [0.717, 1.165) is 50.0 Å². The summed E-state index contributed by atoms with van der Waals surface area (Å²) in [5, 5.41) is 7.16. The van der Waals surface area contributed by atoms with Crippen LogP contribution in [-0.4, -0.2) is 9.13 Å². The molecular formula is C66H42N2O. The number of furan rings is 1. The Kier molecular flexibility index (Phi) is 8.90. The minimum Gasteiger partial charge on any atom is -0.456 e. The summed E-state index contributed by atoms with van der Waals surface area (Å²) in [6.45, 7) is 0. The molecular weight excluding hydrogens is 837 g/mol. The zero-order valence-electron chi connectivity index (χ0n) is 37.6. The second-order valence-electron chi connectivity index (χ2n) is 18.0. The lowest BCUT2D eigenvalue weighted by molar-refractivity contribution is 0.669. The van der Waals surface area contributed by atoms with E-state index in [2.05, 4.69) is 252 Å². The smallest absolute Gasteiger partial charge is 0.135 e. The quantitative estimate of drug-likeness (QED) is 0.156. The van der Waals surface area contributed by atoms with Crippen LogP contribution in [0, 0.1) is 0 Å². The first-order chi connectivity index (χ1) is 34.2. The zero-order chi connectivity index (χ0) is 45.4. The van der Waals surface area contributed by atoms with E-state index in [4.69, 9.17) is 4.42 Å². The van der Waals surface area contributed by atoms with E-state index in [1.165, 1.54) is 82.6 Å². The van der Waals surface area contributed by atoms with E-state index in [1.807, 2.05) is 12.1 Å². The number of hydrogen-bond acceptors (Lipinski definition) is 1. The van der Waals surface area contributed by atoms with Crippen LogP contribution >= 0.6 is 0 Å². The van der Waals surface area contributed by atoms with Gasteiger partial charge in [0.15, 0.2) is 0 Å². The van der Waals surface area contributed by atoms with Crippen molar-refractivity contribution in [1.82, 2.24) is 9.13 Å². The van der Waals surface area contributed by atoms with Crippen LogP contribution in [0.5, 0.6) is 0 Å². The maximum absolute atomic E-state index is 6.20. The number of aromatic nitrogens is 2. The third kappa shape index (κ3) is 6.36. The number of fused-ring (bicyclic) bond motifs is 9. The van der Waals surface area contributed by atoms with Gasteiger partial charge in [-0.25, -0.2) is 0 Å². The molecule has 0 radical (unpaired) electrons. The molecule has 0 aliphatic carbocycles. The molecule has 0 aliphatic heterocycles. The molecule has 0 unspecified atom stereocenters. The standard InChI is InChI=1S/C66H42N2O/c1-4-16-43(17-5-1)47-30-34-60(55(39-47)45-20-8-3-9-21-45)68-59-27-12-10-24-53(59)56-40-48(31-35-61(56)68)49-32-36-62-58(42-49)66-52(44-18-6-2-7-19-44)26-15-28-63(66)67(62)51-23-14-22-46(38-51)50-33-37-65-57(41-50)54-25-11-13-29-64(54)69-65/h1-42H. The lowest BCUT2D eigenvalue weighted by Crippen LogP contribution is -1.98. The van der Waals surface area contributed by atoms with E-state index >= 15 is 0 Å². The van der Waals surface area contributed by atoms with Crippen LogP contribution in [0.2, 0.25) is 0 Å². The van der Waals surface area contributed by atoms with Crippen molar-refractivity contribution in [1.29, 1.82) is 0 Å². The van der Waals surface area contributed by atoms with Gasteiger partial charge in [0.2, 0.25) is 0 Å². The molecule has 0 fully saturated rings. The summed E-state index contributed by atoms with van der Waals surface area (Å²) in [5.74, 6) is 0. The molecule has 0 saturated heterocycles. The average molecular weight is 879 g/mol. The topological polar surface area (TPSA) is 23.0 Å². The Labute approximate surface area is 399 Å².